The number of carbonyl (C=O) groups is 1. The van der Waals surface area contributed by atoms with Crippen molar-refractivity contribution >= 4 is 29.0 Å². The SMILES string of the molecule is CCCn1ncnc1CC(=O)Cc1ccc(Cl)c(Cl)c1. The number of carbonyl (C=O) groups excluding carboxylic acids is 1. The summed E-state index contributed by atoms with van der Waals surface area (Å²) in [5.41, 5.74) is 0.853. The van der Waals surface area contributed by atoms with Gasteiger partial charge in [0.05, 0.1) is 16.5 Å². The Hall–Kier alpha value is -1.39. The Morgan fingerprint density at radius 2 is 2.05 bits per heavy atom. The summed E-state index contributed by atoms with van der Waals surface area (Å²) in [7, 11) is 0. The Morgan fingerprint density at radius 3 is 2.75 bits per heavy atom. The highest BCUT2D eigenvalue weighted by Crippen LogP contribution is 2.23. The van der Waals surface area contributed by atoms with Crippen LogP contribution in [0, 0.1) is 0 Å². The number of halogens is 2. The molecule has 0 unspecified atom stereocenters. The van der Waals surface area contributed by atoms with Crippen LogP contribution in [0.2, 0.25) is 10.0 Å². The summed E-state index contributed by atoms with van der Waals surface area (Å²) in [6, 6.07) is 5.23. The van der Waals surface area contributed by atoms with E-state index in [2.05, 4.69) is 17.0 Å². The van der Waals surface area contributed by atoms with Crippen LogP contribution in [0.25, 0.3) is 0 Å². The van der Waals surface area contributed by atoms with Crippen molar-refractivity contribution in [2.75, 3.05) is 0 Å². The predicted octanol–water partition coefficient (Wildman–Crippen LogP) is 3.35. The summed E-state index contributed by atoms with van der Waals surface area (Å²) in [5, 5.41) is 5.06. The average molecular weight is 312 g/mol. The minimum Gasteiger partial charge on any atom is -0.299 e. The monoisotopic (exact) mass is 311 g/mol. The number of ketones is 1. The first kappa shape index (κ1) is 15.0. The molecule has 0 saturated heterocycles. The number of benzene rings is 1. The van der Waals surface area contributed by atoms with Crippen LogP contribution < -0.4 is 0 Å². The van der Waals surface area contributed by atoms with Crippen LogP contribution in [-0.2, 0) is 24.2 Å². The van der Waals surface area contributed by atoms with Crippen LogP contribution in [0.4, 0.5) is 0 Å². The lowest BCUT2D eigenvalue weighted by atomic mass is 10.1. The van der Waals surface area contributed by atoms with E-state index in [-0.39, 0.29) is 12.2 Å². The molecule has 0 aliphatic rings. The number of aryl methyl sites for hydroxylation is 1. The van der Waals surface area contributed by atoms with Gasteiger partial charge in [-0.1, -0.05) is 36.2 Å². The number of hydrogen-bond donors (Lipinski definition) is 0. The molecule has 0 saturated carbocycles. The molecule has 0 spiro atoms. The van der Waals surface area contributed by atoms with Crippen molar-refractivity contribution in [3.63, 3.8) is 0 Å². The summed E-state index contributed by atoms with van der Waals surface area (Å²) in [6.07, 6.45) is 3.03. The number of rotatable bonds is 6. The highest BCUT2D eigenvalue weighted by atomic mass is 35.5. The zero-order valence-electron chi connectivity index (χ0n) is 11.1. The molecule has 106 valence electrons. The molecule has 0 aliphatic carbocycles. The molecule has 4 nitrogen and oxygen atoms in total. The fourth-order valence-electron chi connectivity index (χ4n) is 1.94. The third kappa shape index (κ3) is 3.81. The molecule has 6 heteroatoms. The van der Waals surface area contributed by atoms with Gasteiger partial charge in [-0.15, -0.1) is 0 Å². The van der Waals surface area contributed by atoms with E-state index in [4.69, 9.17) is 23.2 Å². The van der Waals surface area contributed by atoms with Gasteiger partial charge >= 0.3 is 0 Å². The van der Waals surface area contributed by atoms with E-state index in [1.807, 2.05) is 6.07 Å². The zero-order valence-corrected chi connectivity index (χ0v) is 12.7. The largest absolute Gasteiger partial charge is 0.299 e. The molecule has 0 bridgehead atoms. The first-order valence-corrected chi connectivity index (χ1v) is 7.18. The van der Waals surface area contributed by atoms with Crippen LogP contribution >= 0.6 is 23.2 Å². The lowest BCUT2D eigenvalue weighted by molar-refractivity contribution is -0.117. The molecule has 20 heavy (non-hydrogen) atoms. The Balaban J connectivity index is 2.01. The number of nitrogens with zero attached hydrogens (tertiary/aromatic N) is 3. The van der Waals surface area contributed by atoms with Crippen LogP contribution in [0.15, 0.2) is 24.5 Å². The quantitative estimate of drug-likeness (QED) is 0.822. The molecule has 0 N–H and O–H groups in total. The smallest absolute Gasteiger partial charge is 0.144 e. The lowest BCUT2D eigenvalue weighted by Crippen LogP contribution is -2.13. The van der Waals surface area contributed by atoms with E-state index in [9.17, 15) is 4.79 Å². The fourth-order valence-corrected chi connectivity index (χ4v) is 2.26. The van der Waals surface area contributed by atoms with Gasteiger partial charge in [-0.3, -0.25) is 4.79 Å². The summed E-state index contributed by atoms with van der Waals surface area (Å²) in [4.78, 5) is 16.2. The Kier molecular flexibility index (Phi) is 5.15. The van der Waals surface area contributed by atoms with E-state index >= 15 is 0 Å². The van der Waals surface area contributed by atoms with Gasteiger partial charge in [-0.25, -0.2) is 9.67 Å². The third-order valence-electron chi connectivity index (χ3n) is 2.87. The molecular weight excluding hydrogens is 297 g/mol. The summed E-state index contributed by atoms with van der Waals surface area (Å²) < 4.78 is 1.77. The Labute approximate surface area is 127 Å². The second-order valence-electron chi connectivity index (χ2n) is 4.54. The van der Waals surface area contributed by atoms with Gasteiger partial charge in [0.15, 0.2) is 0 Å². The molecule has 0 amide bonds. The maximum atomic E-state index is 12.1. The number of hydrogen-bond acceptors (Lipinski definition) is 3. The van der Waals surface area contributed by atoms with Crippen LogP contribution in [0.5, 0.6) is 0 Å². The Bertz CT molecular complexity index is 610. The molecular formula is C14H15Cl2N3O. The minimum absolute atomic E-state index is 0.0775. The highest BCUT2D eigenvalue weighted by molar-refractivity contribution is 6.42. The van der Waals surface area contributed by atoms with E-state index < -0.39 is 0 Å². The predicted molar refractivity (Wildman–Crippen MR) is 79.2 cm³/mol. The van der Waals surface area contributed by atoms with Crippen molar-refractivity contribution in [1.29, 1.82) is 0 Å². The first-order valence-electron chi connectivity index (χ1n) is 6.42. The third-order valence-corrected chi connectivity index (χ3v) is 3.61. The average Bonchev–Trinajstić information content (AvgIpc) is 2.82. The van der Waals surface area contributed by atoms with Gasteiger partial charge in [-0.05, 0) is 24.1 Å². The molecule has 2 aromatic rings. The van der Waals surface area contributed by atoms with Gasteiger partial charge in [0.25, 0.3) is 0 Å². The maximum absolute atomic E-state index is 12.1. The summed E-state index contributed by atoms with van der Waals surface area (Å²) in [5.74, 6) is 0.783. The van der Waals surface area contributed by atoms with Gasteiger partial charge in [0.2, 0.25) is 0 Å². The highest BCUT2D eigenvalue weighted by Gasteiger charge is 2.11. The standard InChI is InChI=1S/C14H15Cl2N3O/c1-2-5-19-14(17-9-18-19)8-11(20)6-10-3-4-12(15)13(16)7-10/h3-4,7,9H,2,5-6,8H2,1H3. The van der Waals surface area contributed by atoms with E-state index in [1.54, 1.807) is 16.8 Å². The van der Waals surface area contributed by atoms with Gasteiger partial charge in [-0.2, -0.15) is 5.10 Å². The number of aromatic nitrogens is 3. The molecule has 0 aliphatic heterocycles. The first-order chi connectivity index (χ1) is 9.60. The summed E-state index contributed by atoms with van der Waals surface area (Å²) in [6.45, 7) is 2.83. The molecule has 0 atom stereocenters. The van der Waals surface area contributed by atoms with Gasteiger partial charge < -0.3 is 0 Å². The Morgan fingerprint density at radius 1 is 1.25 bits per heavy atom. The van der Waals surface area contributed by atoms with Crippen molar-refractivity contribution in [3.05, 3.63) is 46.0 Å². The van der Waals surface area contributed by atoms with Crippen LogP contribution in [0.1, 0.15) is 24.7 Å². The summed E-state index contributed by atoms with van der Waals surface area (Å²) >= 11 is 11.8. The maximum Gasteiger partial charge on any atom is 0.144 e. The molecule has 2 rings (SSSR count). The fraction of sp³-hybridized carbons (Fsp3) is 0.357. The lowest BCUT2D eigenvalue weighted by Gasteiger charge is -2.05. The van der Waals surface area contributed by atoms with E-state index in [1.165, 1.54) is 6.33 Å². The van der Waals surface area contributed by atoms with E-state index in [0.717, 1.165) is 18.5 Å². The van der Waals surface area contributed by atoms with Crippen molar-refractivity contribution in [2.45, 2.75) is 32.7 Å². The van der Waals surface area contributed by atoms with Crippen molar-refractivity contribution < 1.29 is 4.79 Å². The van der Waals surface area contributed by atoms with Crippen molar-refractivity contribution in [2.24, 2.45) is 0 Å². The minimum atomic E-state index is 0.0775. The molecule has 0 radical (unpaired) electrons. The van der Waals surface area contributed by atoms with Crippen LogP contribution in [0.3, 0.4) is 0 Å². The normalized spacial score (nSPS) is 10.8. The topological polar surface area (TPSA) is 47.8 Å². The van der Waals surface area contributed by atoms with Gasteiger partial charge in [0.1, 0.15) is 17.9 Å². The van der Waals surface area contributed by atoms with Gasteiger partial charge in [0, 0.05) is 13.0 Å². The second kappa shape index (κ2) is 6.86. The molecule has 1 aromatic carbocycles. The zero-order chi connectivity index (χ0) is 14.5. The second-order valence-corrected chi connectivity index (χ2v) is 5.35. The number of Topliss-reactive ketones (excluding diaryl/α,β-unsaturated/α-hetero) is 1. The molecule has 0 fully saturated rings. The van der Waals surface area contributed by atoms with Crippen molar-refractivity contribution in [1.82, 2.24) is 14.8 Å². The van der Waals surface area contributed by atoms with Crippen LogP contribution in [-0.4, -0.2) is 20.5 Å². The molecule has 1 heterocycles. The molecule has 1 aromatic heterocycles. The van der Waals surface area contributed by atoms with Crippen molar-refractivity contribution in [3.8, 4) is 0 Å². The van der Waals surface area contributed by atoms with E-state index in [0.29, 0.717) is 22.3 Å².